The van der Waals surface area contributed by atoms with Gasteiger partial charge >= 0.3 is 6.18 Å². The van der Waals surface area contributed by atoms with Gasteiger partial charge in [-0.1, -0.05) is 12.1 Å². The lowest BCUT2D eigenvalue weighted by molar-refractivity contribution is -0.145. The topological polar surface area (TPSA) is 20.3 Å². The normalized spacial score (nSPS) is 13.7. The molecule has 106 valence electrons. The number of nitrogens with zero attached hydrogens (tertiary/aromatic N) is 1. The quantitative estimate of drug-likeness (QED) is 0.784. The average Bonchev–Trinajstić information content (AvgIpc) is 2.28. The van der Waals surface area contributed by atoms with E-state index in [-0.39, 0.29) is 5.78 Å². The molecule has 0 amide bonds. The van der Waals surface area contributed by atoms with Crippen molar-refractivity contribution in [3.63, 3.8) is 0 Å². The molecule has 2 nitrogen and oxygen atoms in total. The summed E-state index contributed by atoms with van der Waals surface area (Å²) < 4.78 is 36.9. The fraction of sp³-hybridized carbons (Fsp3) is 0.500. The summed E-state index contributed by atoms with van der Waals surface area (Å²) in [5, 5.41) is 0. The molecule has 1 aromatic carbocycles. The van der Waals surface area contributed by atoms with Crippen LogP contribution in [0.4, 0.5) is 13.2 Å². The first-order chi connectivity index (χ1) is 8.61. The standard InChI is InChI=1S/C14H18F3NO/c1-9-5-6-12(7-10(9)2)13(19)11(3)18(4)8-14(15,16)17/h5-7,11H,8H2,1-4H3. The summed E-state index contributed by atoms with van der Waals surface area (Å²) in [4.78, 5) is 13.1. The van der Waals surface area contributed by atoms with Gasteiger partial charge in [-0.25, -0.2) is 0 Å². The third kappa shape index (κ3) is 4.35. The molecule has 0 fully saturated rings. The van der Waals surface area contributed by atoms with Crippen molar-refractivity contribution >= 4 is 5.78 Å². The number of halogens is 3. The largest absolute Gasteiger partial charge is 0.401 e. The molecular formula is C14H18F3NO. The van der Waals surface area contributed by atoms with Crippen molar-refractivity contribution in [2.75, 3.05) is 13.6 Å². The Labute approximate surface area is 111 Å². The van der Waals surface area contributed by atoms with E-state index in [1.165, 1.54) is 14.0 Å². The SMILES string of the molecule is Cc1ccc(C(=O)C(C)N(C)CC(F)(F)F)cc1C. The molecule has 0 aliphatic carbocycles. The maximum atomic E-state index is 12.3. The number of carbonyl (C=O) groups is 1. The van der Waals surface area contributed by atoms with Gasteiger partial charge in [-0.15, -0.1) is 0 Å². The lowest BCUT2D eigenvalue weighted by Gasteiger charge is -2.24. The Kier molecular flexibility index (Phi) is 4.74. The van der Waals surface area contributed by atoms with Gasteiger partial charge in [-0.3, -0.25) is 9.69 Å². The number of ketones is 1. The van der Waals surface area contributed by atoms with Crippen molar-refractivity contribution in [1.82, 2.24) is 4.90 Å². The van der Waals surface area contributed by atoms with Crippen LogP contribution in [-0.4, -0.2) is 36.5 Å². The molecule has 0 bridgehead atoms. The molecule has 0 spiro atoms. The fourth-order valence-electron chi connectivity index (χ4n) is 1.76. The van der Waals surface area contributed by atoms with Crippen molar-refractivity contribution in [1.29, 1.82) is 0 Å². The number of alkyl halides is 3. The highest BCUT2D eigenvalue weighted by atomic mass is 19.4. The molecule has 1 atom stereocenters. The van der Waals surface area contributed by atoms with Crippen molar-refractivity contribution in [3.8, 4) is 0 Å². The number of hydrogen-bond donors (Lipinski definition) is 0. The summed E-state index contributed by atoms with van der Waals surface area (Å²) in [6, 6.07) is 4.38. The zero-order valence-electron chi connectivity index (χ0n) is 11.5. The molecule has 19 heavy (non-hydrogen) atoms. The van der Waals surface area contributed by atoms with Crippen LogP contribution in [0.1, 0.15) is 28.4 Å². The summed E-state index contributed by atoms with van der Waals surface area (Å²) in [5.41, 5.74) is 2.45. The van der Waals surface area contributed by atoms with Crippen LogP contribution in [0.5, 0.6) is 0 Å². The Hall–Kier alpha value is -1.36. The molecule has 0 aliphatic heterocycles. The zero-order valence-corrected chi connectivity index (χ0v) is 11.5. The van der Waals surface area contributed by atoms with Crippen LogP contribution in [0.15, 0.2) is 18.2 Å². The minimum Gasteiger partial charge on any atom is -0.292 e. The maximum absolute atomic E-state index is 12.3. The highest BCUT2D eigenvalue weighted by Crippen LogP contribution is 2.19. The van der Waals surface area contributed by atoms with E-state index in [9.17, 15) is 18.0 Å². The molecule has 1 aromatic rings. The van der Waals surface area contributed by atoms with Crippen molar-refractivity contribution in [2.24, 2.45) is 0 Å². The minimum atomic E-state index is -4.30. The Morgan fingerprint density at radius 1 is 1.26 bits per heavy atom. The molecular weight excluding hydrogens is 255 g/mol. The number of hydrogen-bond acceptors (Lipinski definition) is 2. The summed E-state index contributed by atoms with van der Waals surface area (Å²) in [5.74, 6) is -0.296. The van der Waals surface area contributed by atoms with E-state index in [2.05, 4.69) is 0 Å². The third-order valence-corrected chi connectivity index (χ3v) is 3.26. The lowest BCUT2D eigenvalue weighted by Crippen LogP contribution is -2.41. The lowest BCUT2D eigenvalue weighted by atomic mass is 10.00. The molecule has 0 N–H and O–H groups in total. The molecule has 5 heteroatoms. The molecule has 0 heterocycles. The van der Waals surface area contributed by atoms with Gasteiger partial charge < -0.3 is 0 Å². The Morgan fingerprint density at radius 2 is 1.84 bits per heavy atom. The summed E-state index contributed by atoms with van der Waals surface area (Å²) in [6.07, 6.45) is -4.30. The van der Waals surface area contributed by atoms with E-state index in [1.807, 2.05) is 13.8 Å². The van der Waals surface area contributed by atoms with Crippen molar-refractivity contribution in [3.05, 3.63) is 34.9 Å². The van der Waals surface area contributed by atoms with Gasteiger partial charge in [0.1, 0.15) is 0 Å². The van der Waals surface area contributed by atoms with E-state index >= 15 is 0 Å². The van der Waals surface area contributed by atoms with Crippen LogP contribution in [0, 0.1) is 13.8 Å². The van der Waals surface area contributed by atoms with Crippen LogP contribution in [0.2, 0.25) is 0 Å². The maximum Gasteiger partial charge on any atom is 0.401 e. The van der Waals surface area contributed by atoms with Gasteiger partial charge in [0.15, 0.2) is 5.78 Å². The fourth-order valence-corrected chi connectivity index (χ4v) is 1.76. The summed E-state index contributed by atoms with van der Waals surface area (Å²) in [6.45, 7) is 4.19. The van der Waals surface area contributed by atoms with Gasteiger partial charge in [0.25, 0.3) is 0 Å². The number of likely N-dealkylation sites (N-methyl/N-ethyl adjacent to an activating group) is 1. The predicted octanol–water partition coefficient (Wildman–Crippen LogP) is 3.37. The smallest absolute Gasteiger partial charge is 0.292 e. The van der Waals surface area contributed by atoms with Crippen LogP contribution in [0.3, 0.4) is 0 Å². The first-order valence-corrected chi connectivity index (χ1v) is 6.00. The Morgan fingerprint density at radius 3 is 2.32 bits per heavy atom. The van der Waals surface area contributed by atoms with E-state index < -0.39 is 18.8 Å². The molecule has 1 rings (SSSR count). The van der Waals surface area contributed by atoms with Crippen molar-refractivity contribution in [2.45, 2.75) is 33.0 Å². The van der Waals surface area contributed by atoms with Gasteiger partial charge in [0.05, 0.1) is 12.6 Å². The monoisotopic (exact) mass is 273 g/mol. The van der Waals surface area contributed by atoms with Crippen molar-refractivity contribution < 1.29 is 18.0 Å². The van der Waals surface area contributed by atoms with Gasteiger partial charge in [-0.2, -0.15) is 13.2 Å². The minimum absolute atomic E-state index is 0.296. The predicted molar refractivity (Wildman–Crippen MR) is 68.4 cm³/mol. The number of rotatable bonds is 4. The molecule has 0 radical (unpaired) electrons. The molecule has 0 saturated heterocycles. The molecule has 0 saturated carbocycles. The molecule has 1 unspecified atom stereocenters. The van der Waals surface area contributed by atoms with E-state index in [1.54, 1.807) is 18.2 Å². The second-order valence-electron chi connectivity index (χ2n) is 4.87. The zero-order chi connectivity index (χ0) is 14.8. The highest BCUT2D eigenvalue weighted by molar-refractivity contribution is 6.00. The Balaban J connectivity index is 2.84. The van der Waals surface area contributed by atoms with Gasteiger partial charge in [0.2, 0.25) is 0 Å². The highest BCUT2D eigenvalue weighted by Gasteiger charge is 2.32. The molecule has 0 aromatic heterocycles. The van der Waals surface area contributed by atoms with Crippen LogP contribution < -0.4 is 0 Å². The second kappa shape index (κ2) is 5.74. The van der Waals surface area contributed by atoms with E-state index in [4.69, 9.17) is 0 Å². The first kappa shape index (κ1) is 15.7. The number of Topliss-reactive ketones (excluding diaryl/α,β-unsaturated/α-hetero) is 1. The van der Waals surface area contributed by atoms with Crippen LogP contribution in [-0.2, 0) is 0 Å². The van der Waals surface area contributed by atoms with E-state index in [0.29, 0.717) is 5.56 Å². The first-order valence-electron chi connectivity index (χ1n) is 6.00. The van der Waals surface area contributed by atoms with Gasteiger partial charge in [-0.05, 0) is 45.0 Å². The average molecular weight is 273 g/mol. The third-order valence-electron chi connectivity index (χ3n) is 3.26. The van der Waals surface area contributed by atoms with E-state index in [0.717, 1.165) is 16.0 Å². The van der Waals surface area contributed by atoms with Crippen LogP contribution >= 0.6 is 0 Å². The summed E-state index contributed by atoms with van der Waals surface area (Å²) in [7, 11) is 1.30. The van der Waals surface area contributed by atoms with Gasteiger partial charge in [0, 0.05) is 5.56 Å². The number of benzene rings is 1. The second-order valence-corrected chi connectivity index (χ2v) is 4.87. The summed E-state index contributed by atoms with van der Waals surface area (Å²) >= 11 is 0. The number of carbonyl (C=O) groups excluding carboxylic acids is 1. The van der Waals surface area contributed by atoms with Crippen LogP contribution in [0.25, 0.3) is 0 Å². The Bertz CT molecular complexity index is 468. The molecule has 0 aliphatic rings. The number of aryl methyl sites for hydroxylation is 2.